The summed E-state index contributed by atoms with van der Waals surface area (Å²) in [6.45, 7) is 4.75. The molecule has 1 aromatic rings. The standard InChI is InChI=1S/C16H24FN3/c17-15-11-13(6-7-18)4-5-16(15)20-10-9-19-8-2-1-3-14(19)12-20/h4-5,11,14H,1-3,6-10,12,18H2. The van der Waals surface area contributed by atoms with E-state index in [-0.39, 0.29) is 5.82 Å². The third-order valence-corrected chi connectivity index (χ3v) is 4.62. The number of hydrogen-bond donors (Lipinski definition) is 1. The summed E-state index contributed by atoms with van der Waals surface area (Å²) in [5, 5.41) is 0. The summed E-state index contributed by atoms with van der Waals surface area (Å²) in [5.74, 6) is -0.0970. The Morgan fingerprint density at radius 1 is 1.20 bits per heavy atom. The summed E-state index contributed by atoms with van der Waals surface area (Å²) < 4.78 is 14.3. The van der Waals surface area contributed by atoms with Crippen LogP contribution in [0, 0.1) is 5.82 Å². The van der Waals surface area contributed by atoms with Gasteiger partial charge in [0.15, 0.2) is 0 Å². The lowest BCUT2D eigenvalue weighted by Crippen LogP contribution is -2.55. The Labute approximate surface area is 120 Å². The highest BCUT2D eigenvalue weighted by molar-refractivity contribution is 5.50. The highest BCUT2D eigenvalue weighted by Crippen LogP contribution is 2.27. The number of hydrogen-bond acceptors (Lipinski definition) is 3. The average Bonchev–Trinajstić information content (AvgIpc) is 2.47. The first kappa shape index (κ1) is 13.8. The first-order valence-electron chi connectivity index (χ1n) is 7.75. The molecule has 2 heterocycles. The topological polar surface area (TPSA) is 32.5 Å². The van der Waals surface area contributed by atoms with Gasteiger partial charge in [0.25, 0.3) is 0 Å². The monoisotopic (exact) mass is 277 g/mol. The number of benzene rings is 1. The summed E-state index contributed by atoms with van der Waals surface area (Å²) in [5.41, 5.74) is 7.28. The first-order valence-corrected chi connectivity index (χ1v) is 7.75. The third kappa shape index (κ3) is 2.81. The van der Waals surface area contributed by atoms with Crippen molar-refractivity contribution in [3.05, 3.63) is 29.6 Å². The lowest BCUT2D eigenvalue weighted by molar-refractivity contribution is 0.133. The minimum absolute atomic E-state index is 0.0970. The van der Waals surface area contributed by atoms with Gasteiger partial charge in [0.1, 0.15) is 5.82 Å². The molecule has 2 fully saturated rings. The molecule has 0 aromatic heterocycles. The van der Waals surface area contributed by atoms with Gasteiger partial charge in [-0.2, -0.15) is 0 Å². The maximum Gasteiger partial charge on any atom is 0.146 e. The molecule has 0 saturated carbocycles. The Morgan fingerprint density at radius 2 is 2.10 bits per heavy atom. The van der Waals surface area contributed by atoms with Crippen molar-refractivity contribution in [2.75, 3.05) is 37.6 Å². The molecule has 0 aliphatic carbocycles. The maximum absolute atomic E-state index is 14.3. The highest BCUT2D eigenvalue weighted by atomic mass is 19.1. The predicted octanol–water partition coefficient (Wildman–Crippen LogP) is 2.00. The van der Waals surface area contributed by atoms with Gasteiger partial charge < -0.3 is 10.6 Å². The molecule has 20 heavy (non-hydrogen) atoms. The fourth-order valence-corrected chi connectivity index (χ4v) is 3.50. The van der Waals surface area contributed by atoms with Gasteiger partial charge in [0, 0.05) is 25.7 Å². The molecule has 0 spiro atoms. The van der Waals surface area contributed by atoms with Crippen LogP contribution < -0.4 is 10.6 Å². The van der Waals surface area contributed by atoms with Crippen molar-refractivity contribution in [1.29, 1.82) is 0 Å². The Balaban J connectivity index is 1.72. The van der Waals surface area contributed by atoms with Crippen molar-refractivity contribution < 1.29 is 4.39 Å². The van der Waals surface area contributed by atoms with Gasteiger partial charge in [-0.15, -0.1) is 0 Å². The average molecular weight is 277 g/mol. The van der Waals surface area contributed by atoms with Crippen molar-refractivity contribution in [3.63, 3.8) is 0 Å². The lowest BCUT2D eigenvalue weighted by Gasteiger charge is -2.45. The zero-order valence-corrected chi connectivity index (χ0v) is 12.0. The maximum atomic E-state index is 14.3. The molecule has 1 unspecified atom stereocenters. The molecule has 1 atom stereocenters. The quantitative estimate of drug-likeness (QED) is 0.917. The molecule has 110 valence electrons. The fourth-order valence-electron chi connectivity index (χ4n) is 3.50. The SMILES string of the molecule is NCCc1ccc(N2CCN3CCCCC3C2)c(F)c1. The number of rotatable bonds is 3. The molecule has 2 saturated heterocycles. The van der Waals surface area contributed by atoms with E-state index < -0.39 is 0 Å². The van der Waals surface area contributed by atoms with Crippen LogP contribution in [-0.2, 0) is 6.42 Å². The van der Waals surface area contributed by atoms with Crippen LogP contribution in [0.15, 0.2) is 18.2 Å². The number of anilines is 1. The molecule has 3 nitrogen and oxygen atoms in total. The molecular formula is C16H24FN3. The molecule has 0 amide bonds. The van der Waals surface area contributed by atoms with Crippen LogP contribution in [0.4, 0.5) is 10.1 Å². The molecule has 1 aromatic carbocycles. The second kappa shape index (κ2) is 6.10. The zero-order chi connectivity index (χ0) is 13.9. The van der Waals surface area contributed by atoms with Crippen molar-refractivity contribution >= 4 is 5.69 Å². The molecular weight excluding hydrogens is 253 g/mol. The van der Waals surface area contributed by atoms with E-state index in [0.717, 1.165) is 37.3 Å². The predicted molar refractivity (Wildman–Crippen MR) is 80.6 cm³/mol. The number of fused-ring (bicyclic) bond motifs is 1. The number of nitrogens with zero attached hydrogens (tertiary/aromatic N) is 2. The van der Waals surface area contributed by atoms with Crippen molar-refractivity contribution in [2.45, 2.75) is 31.7 Å². The van der Waals surface area contributed by atoms with Crippen molar-refractivity contribution in [3.8, 4) is 0 Å². The lowest BCUT2D eigenvalue weighted by atomic mass is 9.99. The number of piperidine rings is 1. The summed E-state index contributed by atoms with van der Waals surface area (Å²) in [4.78, 5) is 4.79. The molecule has 3 rings (SSSR count). The fraction of sp³-hybridized carbons (Fsp3) is 0.625. The van der Waals surface area contributed by atoms with Gasteiger partial charge in [0.05, 0.1) is 5.69 Å². The Hall–Kier alpha value is -1.13. The number of halogens is 1. The van der Waals surface area contributed by atoms with Crippen LogP contribution in [-0.4, -0.2) is 43.7 Å². The smallest absolute Gasteiger partial charge is 0.146 e. The first-order chi connectivity index (χ1) is 9.78. The van der Waals surface area contributed by atoms with Gasteiger partial charge in [-0.3, -0.25) is 4.90 Å². The van der Waals surface area contributed by atoms with Crippen molar-refractivity contribution in [1.82, 2.24) is 4.90 Å². The number of piperazine rings is 1. The van der Waals surface area contributed by atoms with E-state index in [1.165, 1.54) is 25.8 Å². The Kier molecular flexibility index (Phi) is 4.22. The van der Waals surface area contributed by atoms with E-state index in [4.69, 9.17) is 5.73 Å². The van der Waals surface area contributed by atoms with E-state index >= 15 is 0 Å². The van der Waals surface area contributed by atoms with E-state index in [1.54, 1.807) is 6.07 Å². The van der Waals surface area contributed by atoms with Gasteiger partial charge in [-0.05, 0) is 50.0 Å². The van der Waals surface area contributed by atoms with Crippen LogP contribution in [0.3, 0.4) is 0 Å². The highest BCUT2D eigenvalue weighted by Gasteiger charge is 2.29. The van der Waals surface area contributed by atoms with E-state index in [0.29, 0.717) is 12.6 Å². The number of nitrogens with two attached hydrogens (primary N) is 1. The molecule has 0 bridgehead atoms. The second-order valence-corrected chi connectivity index (χ2v) is 5.96. The summed E-state index contributed by atoms with van der Waals surface area (Å²) in [6.07, 6.45) is 4.63. The summed E-state index contributed by atoms with van der Waals surface area (Å²) >= 11 is 0. The molecule has 4 heteroatoms. The van der Waals surface area contributed by atoms with Crippen LogP contribution in [0.25, 0.3) is 0 Å². The Bertz CT molecular complexity index is 463. The van der Waals surface area contributed by atoms with E-state index in [1.807, 2.05) is 12.1 Å². The summed E-state index contributed by atoms with van der Waals surface area (Å²) in [7, 11) is 0. The van der Waals surface area contributed by atoms with E-state index in [9.17, 15) is 4.39 Å². The Morgan fingerprint density at radius 3 is 2.90 bits per heavy atom. The largest absolute Gasteiger partial charge is 0.366 e. The zero-order valence-electron chi connectivity index (χ0n) is 12.0. The van der Waals surface area contributed by atoms with Gasteiger partial charge >= 0.3 is 0 Å². The molecule has 2 aliphatic heterocycles. The van der Waals surface area contributed by atoms with E-state index in [2.05, 4.69) is 9.80 Å². The normalized spacial score (nSPS) is 23.7. The second-order valence-electron chi connectivity index (χ2n) is 5.96. The molecule has 2 aliphatic rings. The van der Waals surface area contributed by atoms with Crippen LogP contribution in [0.1, 0.15) is 24.8 Å². The van der Waals surface area contributed by atoms with Crippen molar-refractivity contribution in [2.24, 2.45) is 5.73 Å². The van der Waals surface area contributed by atoms with Crippen LogP contribution in [0.2, 0.25) is 0 Å². The van der Waals surface area contributed by atoms with Gasteiger partial charge in [0.2, 0.25) is 0 Å². The van der Waals surface area contributed by atoms with Gasteiger partial charge in [-0.25, -0.2) is 4.39 Å². The third-order valence-electron chi connectivity index (χ3n) is 4.62. The molecule has 0 radical (unpaired) electrons. The summed E-state index contributed by atoms with van der Waals surface area (Å²) in [6, 6.07) is 6.20. The van der Waals surface area contributed by atoms with Crippen LogP contribution >= 0.6 is 0 Å². The minimum atomic E-state index is -0.0970. The van der Waals surface area contributed by atoms with Crippen LogP contribution in [0.5, 0.6) is 0 Å². The van der Waals surface area contributed by atoms with Gasteiger partial charge in [-0.1, -0.05) is 12.5 Å². The molecule has 2 N–H and O–H groups in total. The minimum Gasteiger partial charge on any atom is -0.366 e.